The van der Waals surface area contributed by atoms with Crippen LogP contribution in [0.2, 0.25) is 0 Å². The predicted octanol–water partition coefficient (Wildman–Crippen LogP) is 2.04. The summed E-state index contributed by atoms with van der Waals surface area (Å²) in [5.41, 5.74) is 0.705. The number of amides is 1. The van der Waals surface area contributed by atoms with Gasteiger partial charge >= 0.3 is 0 Å². The summed E-state index contributed by atoms with van der Waals surface area (Å²) in [6.07, 6.45) is 8.68. The molecule has 0 bridgehead atoms. The molecule has 23 heavy (non-hydrogen) atoms. The lowest BCUT2D eigenvalue weighted by Crippen LogP contribution is -2.46. The Kier molecular flexibility index (Phi) is 4.60. The number of likely N-dealkylation sites (tertiary alicyclic amines) is 1. The smallest absolute Gasteiger partial charge is 0.254 e. The molecule has 6 nitrogen and oxygen atoms in total. The fraction of sp³-hybridized carbons (Fsp3) is 0.471. The Morgan fingerprint density at radius 1 is 1.35 bits per heavy atom. The molecule has 0 aliphatic carbocycles. The minimum atomic E-state index is 0.0901. The van der Waals surface area contributed by atoms with Crippen molar-refractivity contribution in [1.29, 1.82) is 0 Å². The molecule has 0 radical (unpaired) electrons. The summed E-state index contributed by atoms with van der Waals surface area (Å²) in [6.45, 7) is 1.56. The molecule has 1 aliphatic rings. The SMILES string of the molecule is CN(C)c1cc(C(=O)N2CCCC[C@H]2Cn2cccn2)ccn1. The van der Waals surface area contributed by atoms with Crippen molar-refractivity contribution in [2.75, 3.05) is 25.5 Å². The number of anilines is 1. The monoisotopic (exact) mass is 313 g/mol. The van der Waals surface area contributed by atoms with Crippen molar-refractivity contribution in [3.63, 3.8) is 0 Å². The van der Waals surface area contributed by atoms with Crippen LogP contribution in [0.4, 0.5) is 5.82 Å². The fourth-order valence-corrected chi connectivity index (χ4v) is 3.04. The average Bonchev–Trinajstić information content (AvgIpc) is 3.08. The predicted molar refractivity (Wildman–Crippen MR) is 89.5 cm³/mol. The van der Waals surface area contributed by atoms with Gasteiger partial charge in [-0.1, -0.05) is 0 Å². The largest absolute Gasteiger partial charge is 0.363 e. The van der Waals surface area contributed by atoms with Gasteiger partial charge in [0.1, 0.15) is 5.82 Å². The van der Waals surface area contributed by atoms with Gasteiger partial charge in [0.15, 0.2) is 0 Å². The maximum absolute atomic E-state index is 13.0. The molecule has 0 saturated carbocycles. The van der Waals surface area contributed by atoms with Gasteiger partial charge in [-0.25, -0.2) is 4.98 Å². The van der Waals surface area contributed by atoms with E-state index in [4.69, 9.17) is 0 Å². The zero-order valence-corrected chi connectivity index (χ0v) is 13.7. The second-order valence-electron chi connectivity index (χ2n) is 6.17. The molecule has 1 fully saturated rings. The second-order valence-corrected chi connectivity index (χ2v) is 6.17. The molecular weight excluding hydrogens is 290 g/mol. The highest BCUT2D eigenvalue weighted by Crippen LogP contribution is 2.22. The van der Waals surface area contributed by atoms with Crippen molar-refractivity contribution < 1.29 is 4.79 Å². The summed E-state index contributed by atoms with van der Waals surface area (Å²) in [6, 6.07) is 5.78. The van der Waals surface area contributed by atoms with E-state index < -0.39 is 0 Å². The van der Waals surface area contributed by atoms with Gasteiger partial charge in [-0.15, -0.1) is 0 Å². The van der Waals surface area contributed by atoms with E-state index in [0.29, 0.717) is 5.56 Å². The average molecular weight is 313 g/mol. The van der Waals surface area contributed by atoms with Crippen molar-refractivity contribution in [2.45, 2.75) is 31.8 Å². The summed E-state index contributed by atoms with van der Waals surface area (Å²) in [5.74, 6) is 0.892. The number of rotatable bonds is 4. The maximum Gasteiger partial charge on any atom is 0.254 e. The Morgan fingerprint density at radius 3 is 2.96 bits per heavy atom. The lowest BCUT2D eigenvalue weighted by molar-refractivity contribution is 0.0584. The Labute approximate surface area is 136 Å². The molecule has 1 aliphatic heterocycles. The van der Waals surface area contributed by atoms with Crippen LogP contribution < -0.4 is 4.90 Å². The second kappa shape index (κ2) is 6.81. The molecule has 1 saturated heterocycles. The minimum Gasteiger partial charge on any atom is -0.363 e. The van der Waals surface area contributed by atoms with Crippen LogP contribution in [0.15, 0.2) is 36.8 Å². The van der Waals surface area contributed by atoms with Crippen LogP contribution in [-0.4, -0.2) is 52.3 Å². The van der Waals surface area contributed by atoms with Gasteiger partial charge in [0.2, 0.25) is 0 Å². The number of pyridine rings is 1. The van der Waals surface area contributed by atoms with Gasteiger partial charge in [0, 0.05) is 44.8 Å². The molecule has 3 rings (SSSR count). The lowest BCUT2D eigenvalue weighted by atomic mass is 10.0. The molecule has 6 heteroatoms. The molecule has 0 aromatic carbocycles. The van der Waals surface area contributed by atoms with E-state index in [1.807, 2.05) is 46.9 Å². The van der Waals surface area contributed by atoms with E-state index in [0.717, 1.165) is 38.2 Å². The van der Waals surface area contributed by atoms with E-state index in [1.54, 1.807) is 18.5 Å². The number of hydrogen-bond donors (Lipinski definition) is 0. The number of carbonyl (C=O) groups is 1. The number of piperidine rings is 1. The Balaban J connectivity index is 1.79. The molecule has 3 heterocycles. The zero-order chi connectivity index (χ0) is 16.2. The molecule has 1 atom stereocenters. The molecule has 2 aromatic rings. The Bertz CT molecular complexity index is 653. The maximum atomic E-state index is 13.0. The third kappa shape index (κ3) is 3.52. The molecule has 0 spiro atoms. The highest BCUT2D eigenvalue weighted by molar-refractivity contribution is 5.95. The third-order valence-corrected chi connectivity index (χ3v) is 4.30. The highest BCUT2D eigenvalue weighted by Gasteiger charge is 2.28. The van der Waals surface area contributed by atoms with E-state index in [-0.39, 0.29) is 11.9 Å². The van der Waals surface area contributed by atoms with Crippen LogP contribution in [0, 0.1) is 0 Å². The van der Waals surface area contributed by atoms with Crippen molar-refractivity contribution in [2.24, 2.45) is 0 Å². The fourth-order valence-electron chi connectivity index (χ4n) is 3.04. The summed E-state index contributed by atoms with van der Waals surface area (Å²) in [5, 5.41) is 4.28. The first-order valence-corrected chi connectivity index (χ1v) is 8.07. The Morgan fingerprint density at radius 2 is 2.22 bits per heavy atom. The molecule has 1 amide bonds. The molecule has 0 unspecified atom stereocenters. The van der Waals surface area contributed by atoms with Gasteiger partial charge in [0.05, 0.1) is 12.6 Å². The lowest BCUT2D eigenvalue weighted by Gasteiger charge is -2.36. The minimum absolute atomic E-state index is 0.0901. The van der Waals surface area contributed by atoms with Crippen LogP contribution in [0.3, 0.4) is 0 Å². The number of hydrogen-bond acceptors (Lipinski definition) is 4. The van der Waals surface area contributed by atoms with Crippen LogP contribution in [0.1, 0.15) is 29.6 Å². The van der Waals surface area contributed by atoms with Crippen molar-refractivity contribution in [3.05, 3.63) is 42.4 Å². The Hall–Kier alpha value is -2.37. The third-order valence-electron chi connectivity index (χ3n) is 4.30. The molecule has 2 aromatic heterocycles. The number of nitrogens with zero attached hydrogens (tertiary/aromatic N) is 5. The number of aromatic nitrogens is 3. The molecule has 122 valence electrons. The van der Waals surface area contributed by atoms with Crippen LogP contribution in [-0.2, 0) is 6.54 Å². The molecule has 0 N–H and O–H groups in total. The van der Waals surface area contributed by atoms with Gasteiger partial charge < -0.3 is 9.80 Å². The van der Waals surface area contributed by atoms with E-state index in [1.165, 1.54) is 0 Å². The highest BCUT2D eigenvalue weighted by atomic mass is 16.2. The van der Waals surface area contributed by atoms with Crippen molar-refractivity contribution >= 4 is 11.7 Å². The van der Waals surface area contributed by atoms with Crippen LogP contribution in [0.25, 0.3) is 0 Å². The van der Waals surface area contributed by atoms with Crippen LogP contribution >= 0.6 is 0 Å². The first kappa shape index (κ1) is 15.5. The summed E-state index contributed by atoms with van der Waals surface area (Å²) in [7, 11) is 3.86. The first-order valence-electron chi connectivity index (χ1n) is 8.07. The summed E-state index contributed by atoms with van der Waals surface area (Å²) < 4.78 is 1.91. The van der Waals surface area contributed by atoms with Gasteiger partial charge in [-0.3, -0.25) is 9.48 Å². The standard InChI is InChI=1S/C17H23N5O/c1-20(2)16-12-14(7-9-18-16)17(23)22-11-4-3-6-15(22)13-21-10-5-8-19-21/h5,7-10,12,15H,3-4,6,11,13H2,1-2H3/t15-/m0/s1. The number of carbonyl (C=O) groups excluding carboxylic acids is 1. The summed E-state index contributed by atoms with van der Waals surface area (Å²) in [4.78, 5) is 21.2. The normalized spacial score (nSPS) is 18.0. The van der Waals surface area contributed by atoms with E-state index >= 15 is 0 Å². The summed E-state index contributed by atoms with van der Waals surface area (Å²) >= 11 is 0. The topological polar surface area (TPSA) is 54.3 Å². The van der Waals surface area contributed by atoms with E-state index in [2.05, 4.69) is 10.1 Å². The van der Waals surface area contributed by atoms with Crippen molar-refractivity contribution in [3.8, 4) is 0 Å². The quantitative estimate of drug-likeness (QED) is 0.867. The molecular formula is C17H23N5O. The van der Waals surface area contributed by atoms with Gasteiger partial charge in [0.25, 0.3) is 5.91 Å². The van der Waals surface area contributed by atoms with E-state index in [9.17, 15) is 4.79 Å². The first-order chi connectivity index (χ1) is 11.1. The van der Waals surface area contributed by atoms with Crippen LogP contribution in [0.5, 0.6) is 0 Å². The van der Waals surface area contributed by atoms with Gasteiger partial charge in [-0.05, 0) is 37.5 Å². The van der Waals surface area contributed by atoms with Gasteiger partial charge in [-0.2, -0.15) is 5.10 Å². The zero-order valence-electron chi connectivity index (χ0n) is 13.7. The van der Waals surface area contributed by atoms with Crippen molar-refractivity contribution in [1.82, 2.24) is 19.7 Å².